The van der Waals surface area contributed by atoms with Crippen LogP contribution in [0.15, 0.2) is 30.3 Å². The van der Waals surface area contributed by atoms with Gasteiger partial charge in [-0.25, -0.2) is 0 Å². The molecule has 7 heteroatoms. The Morgan fingerprint density at radius 3 is 2.37 bits per heavy atom. The van der Waals surface area contributed by atoms with Crippen LogP contribution in [0, 0.1) is 6.92 Å². The van der Waals surface area contributed by atoms with Crippen molar-refractivity contribution < 1.29 is 19.0 Å². The van der Waals surface area contributed by atoms with E-state index in [1.165, 1.54) is 0 Å². The van der Waals surface area contributed by atoms with Gasteiger partial charge in [-0.15, -0.1) is 0 Å². The number of ether oxygens (including phenoxy) is 3. The van der Waals surface area contributed by atoms with Gasteiger partial charge in [0, 0.05) is 58.3 Å². The zero-order valence-electron chi connectivity index (χ0n) is 18.3. The predicted molar refractivity (Wildman–Crippen MR) is 115 cm³/mol. The highest BCUT2D eigenvalue weighted by atomic mass is 16.5. The van der Waals surface area contributed by atoms with Gasteiger partial charge in [-0.2, -0.15) is 0 Å². The molecule has 2 aliphatic rings. The molecule has 2 aliphatic heterocycles. The highest BCUT2D eigenvalue weighted by Crippen LogP contribution is 2.28. The molecule has 30 heavy (non-hydrogen) atoms. The van der Waals surface area contributed by atoms with E-state index in [0.717, 1.165) is 54.5 Å². The van der Waals surface area contributed by atoms with Crippen LogP contribution in [0.25, 0.3) is 11.3 Å². The lowest BCUT2D eigenvalue weighted by molar-refractivity contribution is -0.131. The number of rotatable bonds is 6. The summed E-state index contributed by atoms with van der Waals surface area (Å²) in [5.41, 5.74) is 3.83. The second-order valence-electron chi connectivity index (χ2n) is 8.16. The summed E-state index contributed by atoms with van der Waals surface area (Å²) in [6.07, 6.45) is 0.117. The van der Waals surface area contributed by atoms with Crippen LogP contribution < -0.4 is 4.74 Å². The first-order chi connectivity index (χ1) is 14.5. The van der Waals surface area contributed by atoms with Crippen molar-refractivity contribution in [2.24, 2.45) is 7.05 Å². The molecular weight excluding hydrogens is 382 g/mol. The molecule has 2 saturated heterocycles. The minimum absolute atomic E-state index is 0.0587. The summed E-state index contributed by atoms with van der Waals surface area (Å²) in [4.78, 5) is 17.7. The van der Waals surface area contributed by atoms with E-state index in [2.05, 4.69) is 9.47 Å². The zero-order chi connectivity index (χ0) is 21.3. The Kier molecular flexibility index (Phi) is 6.13. The van der Waals surface area contributed by atoms with Gasteiger partial charge in [-0.3, -0.25) is 9.69 Å². The third kappa shape index (κ3) is 4.10. The average Bonchev–Trinajstić information content (AvgIpc) is 3.05. The van der Waals surface area contributed by atoms with Gasteiger partial charge in [0.05, 0.1) is 31.5 Å². The quantitative estimate of drug-likeness (QED) is 0.727. The van der Waals surface area contributed by atoms with E-state index in [0.29, 0.717) is 13.1 Å². The SMILES string of the molecule is COCCN1CC2CN(C(=O)c3cc(-c4ccc(OC)cc4)n(C)c3C)CC(C1)O2. The van der Waals surface area contributed by atoms with Gasteiger partial charge in [-0.05, 0) is 42.8 Å². The van der Waals surface area contributed by atoms with E-state index in [1.54, 1.807) is 14.2 Å². The van der Waals surface area contributed by atoms with Gasteiger partial charge in [0.2, 0.25) is 0 Å². The molecule has 7 nitrogen and oxygen atoms in total. The fraction of sp³-hybridized carbons (Fsp3) is 0.522. The predicted octanol–water partition coefficient (Wildman–Crippen LogP) is 2.18. The summed E-state index contributed by atoms with van der Waals surface area (Å²) in [6.45, 7) is 6.58. The van der Waals surface area contributed by atoms with E-state index in [4.69, 9.17) is 14.2 Å². The van der Waals surface area contributed by atoms with Crippen LogP contribution in [-0.2, 0) is 16.5 Å². The smallest absolute Gasteiger partial charge is 0.255 e. The van der Waals surface area contributed by atoms with Crippen molar-refractivity contribution in [3.05, 3.63) is 41.6 Å². The van der Waals surface area contributed by atoms with Gasteiger partial charge in [0.15, 0.2) is 0 Å². The Morgan fingerprint density at radius 2 is 1.77 bits per heavy atom. The monoisotopic (exact) mass is 413 g/mol. The van der Waals surface area contributed by atoms with Gasteiger partial charge >= 0.3 is 0 Å². The van der Waals surface area contributed by atoms with Crippen molar-refractivity contribution in [3.63, 3.8) is 0 Å². The molecule has 2 bridgehead atoms. The summed E-state index contributed by atoms with van der Waals surface area (Å²) in [6, 6.07) is 9.94. The molecule has 0 spiro atoms. The second kappa shape index (κ2) is 8.79. The van der Waals surface area contributed by atoms with Crippen LogP contribution in [0.3, 0.4) is 0 Å². The Hall–Kier alpha value is -2.35. The molecule has 1 aromatic heterocycles. The molecule has 2 fully saturated rings. The molecule has 1 amide bonds. The maximum atomic E-state index is 13.4. The fourth-order valence-electron chi connectivity index (χ4n) is 4.47. The Labute approximate surface area is 178 Å². The Balaban J connectivity index is 1.50. The minimum Gasteiger partial charge on any atom is -0.497 e. The summed E-state index contributed by atoms with van der Waals surface area (Å²) >= 11 is 0. The van der Waals surface area contributed by atoms with Crippen LogP contribution >= 0.6 is 0 Å². The normalized spacial score (nSPS) is 21.7. The molecule has 0 aliphatic carbocycles. The number of methoxy groups -OCH3 is 2. The Morgan fingerprint density at radius 1 is 1.10 bits per heavy atom. The third-order valence-electron chi connectivity index (χ3n) is 6.21. The summed E-state index contributed by atoms with van der Waals surface area (Å²) in [5.74, 6) is 0.909. The van der Waals surface area contributed by atoms with E-state index in [-0.39, 0.29) is 18.1 Å². The van der Waals surface area contributed by atoms with Gasteiger partial charge in [-0.1, -0.05) is 0 Å². The molecule has 2 aromatic rings. The topological polar surface area (TPSA) is 56.2 Å². The van der Waals surface area contributed by atoms with Crippen molar-refractivity contribution in [2.45, 2.75) is 19.1 Å². The first-order valence-corrected chi connectivity index (χ1v) is 10.5. The van der Waals surface area contributed by atoms with Crippen molar-refractivity contribution in [1.29, 1.82) is 0 Å². The highest BCUT2D eigenvalue weighted by Gasteiger charge is 2.37. The first kappa shape index (κ1) is 20.9. The molecule has 0 saturated carbocycles. The molecule has 0 N–H and O–H groups in total. The number of benzene rings is 1. The number of fused-ring (bicyclic) bond motifs is 2. The molecular formula is C23H31N3O4. The number of hydrogen-bond acceptors (Lipinski definition) is 5. The van der Waals surface area contributed by atoms with Gasteiger partial charge in [0.25, 0.3) is 5.91 Å². The second-order valence-corrected chi connectivity index (χ2v) is 8.16. The number of amides is 1. The maximum Gasteiger partial charge on any atom is 0.255 e. The number of carbonyl (C=O) groups is 1. The van der Waals surface area contributed by atoms with Crippen molar-refractivity contribution >= 4 is 5.91 Å². The summed E-state index contributed by atoms with van der Waals surface area (Å²) in [7, 11) is 5.39. The Bertz CT molecular complexity index is 879. The molecule has 4 rings (SSSR count). The van der Waals surface area contributed by atoms with Crippen LogP contribution in [0.2, 0.25) is 0 Å². The summed E-state index contributed by atoms with van der Waals surface area (Å²) < 4.78 is 18.7. The maximum absolute atomic E-state index is 13.4. The average molecular weight is 414 g/mol. The van der Waals surface area contributed by atoms with Crippen molar-refractivity contribution in [2.75, 3.05) is 53.6 Å². The molecule has 162 valence electrons. The molecule has 0 radical (unpaired) electrons. The summed E-state index contributed by atoms with van der Waals surface area (Å²) in [5, 5.41) is 0. The van der Waals surface area contributed by atoms with Gasteiger partial charge in [0.1, 0.15) is 5.75 Å². The van der Waals surface area contributed by atoms with E-state index < -0.39 is 0 Å². The van der Waals surface area contributed by atoms with E-state index >= 15 is 0 Å². The van der Waals surface area contributed by atoms with Crippen LogP contribution in [0.4, 0.5) is 0 Å². The largest absolute Gasteiger partial charge is 0.497 e. The lowest BCUT2D eigenvalue weighted by Gasteiger charge is -2.45. The van der Waals surface area contributed by atoms with Crippen LogP contribution in [0.5, 0.6) is 5.75 Å². The van der Waals surface area contributed by atoms with Crippen molar-refractivity contribution in [1.82, 2.24) is 14.4 Å². The van der Waals surface area contributed by atoms with E-state index in [9.17, 15) is 4.79 Å². The number of carbonyl (C=O) groups excluding carboxylic acids is 1. The lowest BCUT2D eigenvalue weighted by Crippen LogP contribution is -2.60. The van der Waals surface area contributed by atoms with Crippen LogP contribution in [0.1, 0.15) is 16.1 Å². The standard InChI is InChI=1S/C23H31N3O4/c1-16-21(11-22(24(16)2)17-5-7-18(29-4)8-6-17)23(27)26-14-19-12-25(9-10-28-3)13-20(15-26)30-19/h5-8,11,19-20H,9-10,12-15H2,1-4H3. The minimum atomic E-state index is 0.0587. The number of morpholine rings is 2. The number of hydrogen-bond donors (Lipinski definition) is 0. The highest BCUT2D eigenvalue weighted by molar-refractivity contribution is 5.97. The van der Waals surface area contributed by atoms with Crippen molar-refractivity contribution in [3.8, 4) is 17.0 Å². The molecule has 1 aromatic carbocycles. The lowest BCUT2D eigenvalue weighted by atomic mass is 10.1. The molecule has 3 heterocycles. The number of nitrogens with zero attached hydrogens (tertiary/aromatic N) is 3. The van der Waals surface area contributed by atoms with Gasteiger partial charge < -0.3 is 23.7 Å². The fourth-order valence-corrected chi connectivity index (χ4v) is 4.47. The van der Waals surface area contributed by atoms with Crippen LogP contribution in [-0.4, -0.2) is 86.0 Å². The zero-order valence-corrected chi connectivity index (χ0v) is 18.3. The molecule has 2 unspecified atom stereocenters. The first-order valence-electron chi connectivity index (χ1n) is 10.5. The number of aromatic nitrogens is 1. The third-order valence-corrected chi connectivity index (χ3v) is 6.21. The molecule has 2 atom stereocenters. The van der Waals surface area contributed by atoms with E-state index in [1.807, 2.05) is 49.2 Å².